The van der Waals surface area contributed by atoms with E-state index in [1.165, 1.54) is 31.2 Å². The molecular weight excluding hydrogens is 254 g/mol. The summed E-state index contributed by atoms with van der Waals surface area (Å²) in [4.78, 5) is 0. The second-order valence-electron chi connectivity index (χ2n) is 6.49. The normalized spacial score (nSPS) is 32.9. The Balaban J connectivity index is 1.82. The highest BCUT2D eigenvalue weighted by Gasteiger charge is 2.50. The molecule has 1 aromatic rings. The molecule has 1 aromatic carbocycles. The Bertz CT molecular complexity index is 445. The molecule has 0 aliphatic heterocycles. The van der Waals surface area contributed by atoms with Crippen molar-refractivity contribution in [2.24, 2.45) is 17.3 Å². The number of nitrogens with one attached hydrogen (secondary N) is 1. The van der Waals surface area contributed by atoms with Gasteiger partial charge in [0, 0.05) is 11.6 Å². The summed E-state index contributed by atoms with van der Waals surface area (Å²) in [7, 11) is 0. The summed E-state index contributed by atoms with van der Waals surface area (Å²) in [5, 5.41) is 4.56. The van der Waals surface area contributed by atoms with Crippen molar-refractivity contribution in [1.82, 2.24) is 5.32 Å². The van der Waals surface area contributed by atoms with Crippen molar-refractivity contribution in [3.63, 3.8) is 0 Å². The van der Waals surface area contributed by atoms with Gasteiger partial charge < -0.3 is 5.32 Å². The van der Waals surface area contributed by atoms with Gasteiger partial charge in [-0.2, -0.15) is 0 Å². The molecule has 3 unspecified atom stereocenters. The van der Waals surface area contributed by atoms with Crippen molar-refractivity contribution in [3.8, 4) is 0 Å². The minimum Gasteiger partial charge on any atom is -0.316 e. The topological polar surface area (TPSA) is 12.0 Å². The Morgan fingerprint density at radius 1 is 1.32 bits per heavy atom. The predicted octanol–water partition coefficient (Wildman–Crippen LogP) is 4.30. The van der Waals surface area contributed by atoms with E-state index in [2.05, 4.69) is 24.4 Å². The molecule has 2 heteroatoms. The largest absolute Gasteiger partial charge is 0.316 e. The van der Waals surface area contributed by atoms with E-state index in [1.54, 1.807) is 0 Å². The number of benzene rings is 1. The van der Waals surface area contributed by atoms with Crippen molar-refractivity contribution >= 4 is 11.6 Å². The zero-order chi connectivity index (χ0) is 13.3. The van der Waals surface area contributed by atoms with Crippen molar-refractivity contribution in [3.05, 3.63) is 34.9 Å². The summed E-state index contributed by atoms with van der Waals surface area (Å²) in [6.45, 7) is 4.44. The van der Waals surface area contributed by atoms with Crippen LogP contribution in [0.15, 0.2) is 24.3 Å². The molecule has 2 fully saturated rings. The first-order valence-electron chi connectivity index (χ1n) is 7.67. The molecule has 0 heterocycles. The number of halogens is 1. The summed E-state index contributed by atoms with van der Waals surface area (Å²) < 4.78 is 0. The fourth-order valence-electron chi connectivity index (χ4n) is 4.45. The third-order valence-corrected chi connectivity index (χ3v) is 5.70. The van der Waals surface area contributed by atoms with Gasteiger partial charge in [0.2, 0.25) is 0 Å². The van der Waals surface area contributed by atoms with Crippen molar-refractivity contribution in [1.29, 1.82) is 0 Å². The van der Waals surface area contributed by atoms with E-state index in [0.717, 1.165) is 36.4 Å². The van der Waals surface area contributed by atoms with Gasteiger partial charge in [-0.25, -0.2) is 0 Å². The lowest BCUT2D eigenvalue weighted by molar-refractivity contribution is 0.157. The van der Waals surface area contributed by atoms with Gasteiger partial charge in [-0.05, 0) is 61.1 Å². The third kappa shape index (κ3) is 2.55. The first-order chi connectivity index (χ1) is 9.23. The van der Waals surface area contributed by atoms with E-state index in [0.29, 0.717) is 5.41 Å². The second kappa shape index (κ2) is 5.46. The molecule has 0 radical (unpaired) electrons. The van der Waals surface area contributed by atoms with Crippen molar-refractivity contribution in [2.45, 2.75) is 39.0 Å². The van der Waals surface area contributed by atoms with E-state index in [4.69, 9.17) is 11.6 Å². The first kappa shape index (κ1) is 13.5. The highest BCUT2D eigenvalue weighted by atomic mass is 35.5. The average Bonchev–Trinajstić information content (AvgIpc) is 3.00. The SMILES string of the molecule is CCNCC1(Cc2ccccc2Cl)CC2CCC1C2. The van der Waals surface area contributed by atoms with E-state index in [-0.39, 0.29) is 0 Å². The van der Waals surface area contributed by atoms with E-state index < -0.39 is 0 Å². The number of hydrogen-bond donors (Lipinski definition) is 1. The molecule has 2 bridgehead atoms. The maximum atomic E-state index is 6.38. The Morgan fingerprint density at radius 3 is 2.79 bits per heavy atom. The molecule has 2 aliphatic carbocycles. The van der Waals surface area contributed by atoms with Crippen molar-refractivity contribution < 1.29 is 0 Å². The first-order valence-corrected chi connectivity index (χ1v) is 8.05. The van der Waals surface area contributed by atoms with Gasteiger partial charge in [0.05, 0.1) is 0 Å². The Kier molecular flexibility index (Phi) is 3.86. The van der Waals surface area contributed by atoms with Crippen LogP contribution in [-0.4, -0.2) is 13.1 Å². The third-order valence-electron chi connectivity index (χ3n) is 5.33. The predicted molar refractivity (Wildman–Crippen MR) is 81.6 cm³/mol. The van der Waals surface area contributed by atoms with Crippen LogP contribution in [0.2, 0.25) is 5.02 Å². The van der Waals surface area contributed by atoms with Crippen LogP contribution in [0.3, 0.4) is 0 Å². The molecule has 1 nitrogen and oxygen atoms in total. The van der Waals surface area contributed by atoms with Crippen molar-refractivity contribution in [2.75, 3.05) is 13.1 Å². The molecule has 3 atom stereocenters. The molecule has 0 spiro atoms. The lowest BCUT2D eigenvalue weighted by atomic mass is 9.69. The molecule has 104 valence electrons. The van der Waals surface area contributed by atoms with Crippen LogP contribution in [0.5, 0.6) is 0 Å². The molecule has 0 aromatic heterocycles. The fraction of sp³-hybridized carbons (Fsp3) is 0.647. The van der Waals surface area contributed by atoms with Gasteiger partial charge in [0.15, 0.2) is 0 Å². The van der Waals surface area contributed by atoms with E-state index in [1.807, 2.05) is 12.1 Å². The number of rotatable bonds is 5. The highest BCUT2D eigenvalue weighted by molar-refractivity contribution is 6.31. The van der Waals surface area contributed by atoms with Crippen LogP contribution in [-0.2, 0) is 6.42 Å². The molecule has 2 saturated carbocycles. The van der Waals surface area contributed by atoms with Crippen LogP contribution < -0.4 is 5.32 Å². The maximum absolute atomic E-state index is 6.38. The summed E-state index contributed by atoms with van der Waals surface area (Å²) in [6.07, 6.45) is 6.90. The van der Waals surface area contributed by atoms with Gasteiger partial charge in [0.1, 0.15) is 0 Å². The molecule has 3 rings (SSSR count). The van der Waals surface area contributed by atoms with Crippen LogP contribution in [0.4, 0.5) is 0 Å². The lowest BCUT2D eigenvalue weighted by Gasteiger charge is -2.38. The Hall–Kier alpha value is -0.530. The van der Waals surface area contributed by atoms with E-state index >= 15 is 0 Å². The summed E-state index contributed by atoms with van der Waals surface area (Å²) in [5.41, 5.74) is 1.80. The lowest BCUT2D eigenvalue weighted by Crippen LogP contribution is -2.40. The van der Waals surface area contributed by atoms with Crippen LogP contribution in [0.1, 0.15) is 38.2 Å². The van der Waals surface area contributed by atoms with Gasteiger partial charge in [-0.1, -0.05) is 43.1 Å². The smallest absolute Gasteiger partial charge is 0.0438 e. The molecule has 0 amide bonds. The number of hydrogen-bond acceptors (Lipinski definition) is 1. The molecule has 0 saturated heterocycles. The van der Waals surface area contributed by atoms with Gasteiger partial charge in [-0.15, -0.1) is 0 Å². The van der Waals surface area contributed by atoms with Gasteiger partial charge in [-0.3, -0.25) is 0 Å². The molecular formula is C17H24ClN. The van der Waals surface area contributed by atoms with Crippen LogP contribution in [0.25, 0.3) is 0 Å². The van der Waals surface area contributed by atoms with Crippen LogP contribution >= 0.6 is 11.6 Å². The standard InChI is InChI=1S/C17H24ClN/c1-2-19-12-17(10-13-7-8-15(17)9-13)11-14-5-3-4-6-16(14)18/h3-6,13,15,19H,2,7-12H2,1H3. The number of fused-ring (bicyclic) bond motifs is 2. The van der Waals surface area contributed by atoms with Gasteiger partial charge in [0.25, 0.3) is 0 Å². The minimum atomic E-state index is 0.462. The monoisotopic (exact) mass is 277 g/mol. The zero-order valence-corrected chi connectivity index (χ0v) is 12.5. The summed E-state index contributed by atoms with van der Waals surface area (Å²) in [6, 6.07) is 8.39. The fourth-order valence-corrected chi connectivity index (χ4v) is 4.65. The quantitative estimate of drug-likeness (QED) is 0.846. The second-order valence-corrected chi connectivity index (χ2v) is 6.90. The van der Waals surface area contributed by atoms with E-state index in [9.17, 15) is 0 Å². The zero-order valence-electron chi connectivity index (χ0n) is 11.8. The maximum Gasteiger partial charge on any atom is 0.0438 e. The van der Waals surface area contributed by atoms with Crippen LogP contribution in [0, 0.1) is 17.3 Å². The Labute approximate surface area is 121 Å². The molecule has 2 aliphatic rings. The average molecular weight is 278 g/mol. The molecule has 19 heavy (non-hydrogen) atoms. The molecule has 1 N–H and O–H groups in total. The summed E-state index contributed by atoms with van der Waals surface area (Å²) in [5.74, 6) is 1.89. The summed E-state index contributed by atoms with van der Waals surface area (Å²) >= 11 is 6.38. The highest BCUT2D eigenvalue weighted by Crippen LogP contribution is 2.57. The Morgan fingerprint density at radius 2 is 2.16 bits per heavy atom. The minimum absolute atomic E-state index is 0.462. The van der Waals surface area contributed by atoms with Gasteiger partial charge >= 0.3 is 0 Å².